The summed E-state index contributed by atoms with van der Waals surface area (Å²) >= 11 is 12.1. The molecule has 3 rings (SSSR count). The highest BCUT2D eigenvalue weighted by Crippen LogP contribution is 2.25. The Hall–Kier alpha value is -2.26. The summed E-state index contributed by atoms with van der Waals surface area (Å²) in [6.45, 7) is 4.41. The number of nitrogens with zero attached hydrogens (tertiary/aromatic N) is 3. The first-order chi connectivity index (χ1) is 13.5. The van der Waals surface area contributed by atoms with Crippen molar-refractivity contribution < 1.29 is 4.79 Å². The summed E-state index contributed by atoms with van der Waals surface area (Å²) in [7, 11) is 0. The summed E-state index contributed by atoms with van der Waals surface area (Å²) in [6.07, 6.45) is 1.43. The molecule has 0 saturated carbocycles. The van der Waals surface area contributed by atoms with Gasteiger partial charge in [-0.1, -0.05) is 23.2 Å². The van der Waals surface area contributed by atoms with Crippen molar-refractivity contribution in [2.24, 2.45) is 0 Å². The summed E-state index contributed by atoms with van der Waals surface area (Å²) in [5.74, 6) is -0.0719. The first-order valence-corrected chi connectivity index (χ1v) is 10.0. The van der Waals surface area contributed by atoms with E-state index in [0.717, 1.165) is 38.3 Å². The normalized spacial score (nSPS) is 15.0. The molecule has 7 heteroatoms. The van der Waals surface area contributed by atoms with Crippen LogP contribution in [0.4, 0.5) is 11.4 Å². The number of nitriles is 1. The lowest BCUT2D eigenvalue weighted by Gasteiger charge is -2.23. The van der Waals surface area contributed by atoms with Crippen molar-refractivity contribution in [1.29, 1.82) is 5.26 Å². The molecule has 1 aliphatic heterocycles. The van der Waals surface area contributed by atoms with Crippen LogP contribution in [0.15, 0.2) is 42.5 Å². The summed E-state index contributed by atoms with van der Waals surface area (Å²) in [6, 6.07) is 14.9. The maximum absolute atomic E-state index is 12.3. The third-order valence-electron chi connectivity index (χ3n) is 4.81. The van der Waals surface area contributed by atoms with Crippen molar-refractivity contribution in [3.63, 3.8) is 0 Å². The lowest BCUT2D eigenvalue weighted by molar-refractivity contribution is -0.116. The standard InChI is InChI=1S/C21H22Cl2N4O/c22-17-4-7-19(23)20(14-17)25-21(28)8-11-26-9-1-10-27(13-12-26)18-5-2-16(15-24)3-6-18/h2-7,14H,1,8-13H2,(H,25,28). The van der Waals surface area contributed by atoms with Crippen LogP contribution in [-0.2, 0) is 4.79 Å². The van der Waals surface area contributed by atoms with Gasteiger partial charge in [-0.3, -0.25) is 4.79 Å². The number of anilines is 2. The van der Waals surface area contributed by atoms with Crippen molar-refractivity contribution in [2.75, 3.05) is 42.9 Å². The van der Waals surface area contributed by atoms with E-state index in [0.29, 0.717) is 34.3 Å². The first-order valence-electron chi connectivity index (χ1n) is 9.27. The third kappa shape index (κ3) is 5.62. The Bertz CT molecular complexity index is 864. The molecule has 146 valence electrons. The van der Waals surface area contributed by atoms with Gasteiger partial charge in [0.05, 0.1) is 22.3 Å². The second-order valence-corrected chi connectivity index (χ2v) is 7.61. The molecule has 0 aromatic heterocycles. The molecule has 1 aliphatic rings. The number of carbonyl (C=O) groups is 1. The molecule has 2 aromatic carbocycles. The maximum atomic E-state index is 12.3. The van der Waals surface area contributed by atoms with Crippen molar-refractivity contribution in [3.05, 3.63) is 58.1 Å². The predicted molar refractivity (Wildman–Crippen MR) is 114 cm³/mol. The zero-order valence-electron chi connectivity index (χ0n) is 15.5. The fourth-order valence-corrected chi connectivity index (χ4v) is 3.60. The molecular formula is C21H22Cl2N4O. The number of benzene rings is 2. The number of hydrogen-bond donors (Lipinski definition) is 1. The highest BCUT2D eigenvalue weighted by Gasteiger charge is 2.16. The smallest absolute Gasteiger partial charge is 0.225 e. The number of hydrogen-bond acceptors (Lipinski definition) is 4. The van der Waals surface area contributed by atoms with E-state index >= 15 is 0 Å². The molecule has 5 nitrogen and oxygen atoms in total. The van der Waals surface area contributed by atoms with Gasteiger partial charge in [0.2, 0.25) is 5.91 Å². The number of carbonyl (C=O) groups excluding carboxylic acids is 1. The van der Waals surface area contributed by atoms with E-state index in [1.807, 2.05) is 24.3 Å². The largest absolute Gasteiger partial charge is 0.370 e. The average Bonchev–Trinajstić information content (AvgIpc) is 2.95. The molecule has 28 heavy (non-hydrogen) atoms. The van der Waals surface area contributed by atoms with E-state index < -0.39 is 0 Å². The van der Waals surface area contributed by atoms with Gasteiger partial charge in [0.1, 0.15) is 0 Å². The molecule has 1 amide bonds. The number of rotatable bonds is 5. The molecule has 0 bridgehead atoms. The van der Waals surface area contributed by atoms with Gasteiger partial charge >= 0.3 is 0 Å². The van der Waals surface area contributed by atoms with E-state index in [1.165, 1.54) is 0 Å². The van der Waals surface area contributed by atoms with Crippen molar-refractivity contribution in [2.45, 2.75) is 12.8 Å². The Kier molecular flexibility index (Phi) is 7.16. The van der Waals surface area contributed by atoms with Crippen molar-refractivity contribution in [1.82, 2.24) is 4.90 Å². The van der Waals surface area contributed by atoms with Gasteiger partial charge in [-0.25, -0.2) is 0 Å². The molecule has 2 aromatic rings. The molecule has 1 saturated heterocycles. The summed E-state index contributed by atoms with van der Waals surface area (Å²) in [5.41, 5.74) is 2.35. The third-order valence-corrected chi connectivity index (χ3v) is 5.37. The molecule has 1 fully saturated rings. The van der Waals surface area contributed by atoms with Crippen LogP contribution in [0.25, 0.3) is 0 Å². The van der Waals surface area contributed by atoms with Crippen molar-refractivity contribution >= 4 is 40.5 Å². The van der Waals surface area contributed by atoms with Crippen LogP contribution in [0.1, 0.15) is 18.4 Å². The van der Waals surface area contributed by atoms with Gasteiger partial charge in [0.25, 0.3) is 0 Å². The topological polar surface area (TPSA) is 59.4 Å². The molecule has 1 heterocycles. The maximum Gasteiger partial charge on any atom is 0.225 e. The Morgan fingerprint density at radius 1 is 1.07 bits per heavy atom. The van der Waals surface area contributed by atoms with E-state index in [-0.39, 0.29) is 5.91 Å². The van der Waals surface area contributed by atoms with Crippen LogP contribution in [0.2, 0.25) is 10.0 Å². The van der Waals surface area contributed by atoms with Gasteiger partial charge < -0.3 is 15.1 Å². The number of amides is 1. The van der Waals surface area contributed by atoms with Crippen LogP contribution >= 0.6 is 23.2 Å². The summed E-state index contributed by atoms with van der Waals surface area (Å²) < 4.78 is 0. The minimum Gasteiger partial charge on any atom is -0.370 e. The first kappa shape index (κ1) is 20.5. The van der Waals surface area contributed by atoms with Gasteiger partial charge in [-0.05, 0) is 55.4 Å². The minimum absolute atomic E-state index is 0.0719. The molecule has 0 radical (unpaired) electrons. The lowest BCUT2D eigenvalue weighted by atomic mass is 10.2. The van der Waals surface area contributed by atoms with Crippen LogP contribution < -0.4 is 10.2 Å². The number of nitrogens with one attached hydrogen (secondary N) is 1. The second kappa shape index (κ2) is 9.79. The van der Waals surface area contributed by atoms with Gasteiger partial charge in [0, 0.05) is 43.3 Å². The SMILES string of the molecule is N#Cc1ccc(N2CCCN(CCC(=O)Nc3cc(Cl)ccc3Cl)CC2)cc1. The average molecular weight is 417 g/mol. The van der Waals surface area contributed by atoms with Gasteiger partial charge in [0.15, 0.2) is 0 Å². The van der Waals surface area contributed by atoms with Crippen LogP contribution in [0.3, 0.4) is 0 Å². The highest BCUT2D eigenvalue weighted by molar-refractivity contribution is 6.35. The zero-order chi connectivity index (χ0) is 19.9. The Morgan fingerprint density at radius 2 is 1.86 bits per heavy atom. The predicted octanol–water partition coefficient (Wildman–Crippen LogP) is 4.41. The van der Waals surface area contributed by atoms with E-state index in [1.54, 1.807) is 18.2 Å². The zero-order valence-corrected chi connectivity index (χ0v) is 17.0. The number of halogens is 2. The van der Waals surface area contributed by atoms with E-state index in [4.69, 9.17) is 28.5 Å². The van der Waals surface area contributed by atoms with E-state index in [2.05, 4.69) is 21.2 Å². The lowest BCUT2D eigenvalue weighted by Crippen LogP contribution is -2.32. The minimum atomic E-state index is -0.0719. The molecular weight excluding hydrogens is 395 g/mol. The molecule has 0 atom stereocenters. The van der Waals surface area contributed by atoms with Crippen LogP contribution in [0, 0.1) is 11.3 Å². The second-order valence-electron chi connectivity index (χ2n) is 6.76. The molecule has 0 spiro atoms. The fourth-order valence-electron chi connectivity index (χ4n) is 3.27. The molecule has 1 N–H and O–H groups in total. The fraction of sp³-hybridized carbons (Fsp3) is 0.333. The quantitative estimate of drug-likeness (QED) is 0.783. The van der Waals surface area contributed by atoms with Crippen molar-refractivity contribution in [3.8, 4) is 6.07 Å². The van der Waals surface area contributed by atoms with Crippen LogP contribution in [-0.4, -0.2) is 43.5 Å². The highest BCUT2D eigenvalue weighted by atomic mass is 35.5. The van der Waals surface area contributed by atoms with Gasteiger partial charge in [-0.2, -0.15) is 5.26 Å². The van der Waals surface area contributed by atoms with E-state index in [9.17, 15) is 4.79 Å². The van der Waals surface area contributed by atoms with Gasteiger partial charge in [-0.15, -0.1) is 0 Å². The molecule has 0 unspecified atom stereocenters. The summed E-state index contributed by atoms with van der Waals surface area (Å²) in [4.78, 5) is 16.9. The van der Waals surface area contributed by atoms with Crippen LogP contribution in [0.5, 0.6) is 0 Å². The molecule has 0 aliphatic carbocycles. The Morgan fingerprint density at radius 3 is 2.61 bits per heavy atom. The Balaban J connectivity index is 1.48. The summed E-state index contributed by atoms with van der Waals surface area (Å²) in [5, 5.41) is 12.8. The Labute approximate surface area is 175 Å². The monoisotopic (exact) mass is 416 g/mol.